The van der Waals surface area contributed by atoms with Crippen molar-refractivity contribution >= 4 is 16.6 Å². The Balaban J connectivity index is 1.65. The van der Waals surface area contributed by atoms with Gasteiger partial charge in [-0.05, 0) is 55.2 Å². The van der Waals surface area contributed by atoms with Gasteiger partial charge in [0.1, 0.15) is 0 Å². The zero-order chi connectivity index (χ0) is 14.9. The highest BCUT2D eigenvalue weighted by Crippen LogP contribution is 2.37. The first-order chi connectivity index (χ1) is 10.0. The Morgan fingerprint density at radius 3 is 2.81 bits per heavy atom. The Bertz CT molecular complexity index is 594. The molecule has 1 saturated carbocycles. The second kappa shape index (κ2) is 5.70. The molecule has 2 unspecified atom stereocenters. The third kappa shape index (κ3) is 3.39. The van der Waals surface area contributed by atoms with E-state index in [0.29, 0.717) is 11.5 Å². The maximum absolute atomic E-state index is 4.09. The Morgan fingerprint density at radius 2 is 2.00 bits per heavy atom. The van der Waals surface area contributed by atoms with Crippen LogP contribution in [-0.2, 0) is 0 Å². The molecule has 1 aliphatic carbocycles. The molecule has 1 aliphatic rings. The molecule has 0 amide bonds. The number of hydrogen-bond acceptors (Lipinski definition) is 2. The van der Waals surface area contributed by atoms with Crippen molar-refractivity contribution in [1.82, 2.24) is 10.2 Å². The third-order valence-electron chi connectivity index (χ3n) is 5.01. The molecule has 2 atom stereocenters. The second-order valence-corrected chi connectivity index (χ2v) is 7.58. The fourth-order valence-electron chi connectivity index (χ4n) is 3.57. The molecule has 3 nitrogen and oxygen atoms in total. The lowest BCUT2D eigenvalue weighted by atomic mass is 9.76. The molecule has 0 aliphatic heterocycles. The summed E-state index contributed by atoms with van der Waals surface area (Å²) in [5.74, 6) is 0.861. The number of rotatable bonds is 2. The van der Waals surface area contributed by atoms with Crippen molar-refractivity contribution in [2.24, 2.45) is 11.3 Å². The van der Waals surface area contributed by atoms with Gasteiger partial charge in [0, 0.05) is 17.1 Å². The van der Waals surface area contributed by atoms with E-state index in [0.717, 1.165) is 11.4 Å². The summed E-state index contributed by atoms with van der Waals surface area (Å²) >= 11 is 0. The summed E-state index contributed by atoms with van der Waals surface area (Å²) in [5.41, 5.74) is 2.77. The van der Waals surface area contributed by atoms with Gasteiger partial charge in [0.2, 0.25) is 0 Å². The average molecular weight is 285 g/mol. The maximum atomic E-state index is 4.09. The van der Waals surface area contributed by atoms with E-state index in [1.165, 1.54) is 43.2 Å². The van der Waals surface area contributed by atoms with Crippen LogP contribution in [0.2, 0.25) is 0 Å². The smallest absolute Gasteiger partial charge is 0.0670 e. The number of nitrogens with one attached hydrogen (secondary N) is 2. The zero-order valence-electron chi connectivity index (χ0n) is 13.4. The van der Waals surface area contributed by atoms with E-state index in [9.17, 15) is 0 Å². The molecule has 2 N–H and O–H groups in total. The van der Waals surface area contributed by atoms with E-state index in [1.807, 2.05) is 6.20 Å². The predicted molar refractivity (Wildman–Crippen MR) is 89.5 cm³/mol. The van der Waals surface area contributed by atoms with Crippen molar-refractivity contribution in [3.8, 4) is 0 Å². The summed E-state index contributed by atoms with van der Waals surface area (Å²) < 4.78 is 0. The van der Waals surface area contributed by atoms with Crippen LogP contribution in [0.4, 0.5) is 5.69 Å². The highest BCUT2D eigenvalue weighted by molar-refractivity contribution is 5.81. The second-order valence-electron chi connectivity index (χ2n) is 7.58. The first-order valence-electron chi connectivity index (χ1n) is 8.22. The van der Waals surface area contributed by atoms with Gasteiger partial charge >= 0.3 is 0 Å². The maximum Gasteiger partial charge on any atom is 0.0670 e. The van der Waals surface area contributed by atoms with Gasteiger partial charge in [-0.15, -0.1) is 0 Å². The van der Waals surface area contributed by atoms with Gasteiger partial charge in [0.15, 0.2) is 0 Å². The fourth-order valence-corrected chi connectivity index (χ4v) is 3.57. The van der Waals surface area contributed by atoms with Gasteiger partial charge in [-0.2, -0.15) is 5.10 Å². The topological polar surface area (TPSA) is 40.7 Å². The summed E-state index contributed by atoms with van der Waals surface area (Å²) in [7, 11) is 0. The fraction of sp³-hybridized carbons (Fsp3) is 0.611. The van der Waals surface area contributed by atoms with E-state index >= 15 is 0 Å². The van der Waals surface area contributed by atoms with Crippen LogP contribution < -0.4 is 5.32 Å². The average Bonchev–Trinajstić information content (AvgIpc) is 2.75. The number of benzene rings is 1. The molecular formula is C18H27N3. The molecule has 1 aromatic heterocycles. The highest BCUT2D eigenvalue weighted by Gasteiger charge is 2.27. The highest BCUT2D eigenvalue weighted by atomic mass is 15.1. The minimum atomic E-state index is 0.448. The van der Waals surface area contributed by atoms with Crippen LogP contribution in [0.3, 0.4) is 0 Å². The van der Waals surface area contributed by atoms with Crippen molar-refractivity contribution in [2.45, 2.75) is 58.9 Å². The summed E-state index contributed by atoms with van der Waals surface area (Å²) in [6.07, 6.45) is 8.50. The van der Waals surface area contributed by atoms with E-state index in [2.05, 4.69) is 54.5 Å². The van der Waals surface area contributed by atoms with Gasteiger partial charge in [-0.3, -0.25) is 5.10 Å². The third-order valence-corrected chi connectivity index (χ3v) is 5.01. The van der Waals surface area contributed by atoms with Crippen LogP contribution >= 0.6 is 0 Å². The number of fused-ring (bicyclic) bond motifs is 1. The molecule has 1 aromatic carbocycles. The standard InChI is InChI=1S/C18H27N3/c1-18(2,3)14-5-4-6-15(10-8-14)20-16-9-7-13-12-19-21-17(13)11-16/h7,9,11-12,14-15,20H,4-6,8,10H2,1-3H3,(H,19,21). The van der Waals surface area contributed by atoms with E-state index in [1.54, 1.807) is 0 Å². The number of hydrogen-bond donors (Lipinski definition) is 2. The molecule has 3 heteroatoms. The van der Waals surface area contributed by atoms with Crippen LogP contribution in [0.25, 0.3) is 10.9 Å². The summed E-state index contributed by atoms with van der Waals surface area (Å²) in [6, 6.07) is 7.09. The number of aromatic amines is 1. The molecule has 2 aromatic rings. The quantitative estimate of drug-likeness (QED) is 0.765. The monoisotopic (exact) mass is 285 g/mol. The molecule has 0 spiro atoms. The lowest BCUT2D eigenvalue weighted by Crippen LogP contribution is -2.21. The van der Waals surface area contributed by atoms with E-state index in [4.69, 9.17) is 0 Å². The zero-order valence-corrected chi connectivity index (χ0v) is 13.4. The number of H-pyrrole nitrogens is 1. The van der Waals surface area contributed by atoms with E-state index in [-0.39, 0.29) is 0 Å². The molecule has 1 heterocycles. The minimum Gasteiger partial charge on any atom is -0.382 e. The van der Waals surface area contributed by atoms with Crippen LogP contribution in [0.5, 0.6) is 0 Å². The summed E-state index contributed by atoms with van der Waals surface area (Å²) in [6.45, 7) is 7.16. The van der Waals surface area contributed by atoms with Gasteiger partial charge < -0.3 is 5.32 Å². The number of anilines is 1. The Morgan fingerprint density at radius 1 is 1.14 bits per heavy atom. The lowest BCUT2D eigenvalue weighted by Gasteiger charge is -2.29. The first-order valence-corrected chi connectivity index (χ1v) is 8.22. The molecular weight excluding hydrogens is 258 g/mol. The molecule has 0 bridgehead atoms. The van der Waals surface area contributed by atoms with Crippen LogP contribution in [0, 0.1) is 11.3 Å². The summed E-state index contributed by atoms with van der Waals surface area (Å²) in [4.78, 5) is 0. The van der Waals surface area contributed by atoms with Crippen molar-refractivity contribution in [1.29, 1.82) is 0 Å². The van der Waals surface area contributed by atoms with Crippen molar-refractivity contribution < 1.29 is 0 Å². The van der Waals surface area contributed by atoms with Gasteiger partial charge in [-0.1, -0.05) is 27.2 Å². The molecule has 114 valence electrons. The van der Waals surface area contributed by atoms with Crippen LogP contribution in [0.1, 0.15) is 52.9 Å². The minimum absolute atomic E-state index is 0.448. The first kappa shape index (κ1) is 14.4. The molecule has 3 rings (SSSR count). The van der Waals surface area contributed by atoms with Crippen LogP contribution in [-0.4, -0.2) is 16.2 Å². The van der Waals surface area contributed by atoms with Crippen molar-refractivity contribution in [2.75, 3.05) is 5.32 Å². The van der Waals surface area contributed by atoms with Gasteiger partial charge in [0.05, 0.1) is 11.7 Å². The molecule has 0 saturated heterocycles. The normalized spacial score (nSPS) is 24.0. The van der Waals surface area contributed by atoms with Gasteiger partial charge in [-0.25, -0.2) is 0 Å². The SMILES string of the molecule is CC(C)(C)C1CCCC(Nc2ccc3cn[nH]c3c2)CC1. The predicted octanol–water partition coefficient (Wildman–Crippen LogP) is 4.97. The number of nitrogens with zero attached hydrogens (tertiary/aromatic N) is 1. The van der Waals surface area contributed by atoms with Crippen LogP contribution in [0.15, 0.2) is 24.4 Å². The Kier molecular flexibility index (Phi) is 3.92. The largest absolute Gasteiger partial charge is 0.382 e. The molecule has 21 heavy (non-hydrogen) atoms. The summed E-state index contributed by atoms with van der Waals surface area (Å²) in [5, 5.41) is 12.0. The van der Waals surface area contributed by atoms with E-state index < -0.39 is 0 Å². The van der Waals surface area contributed by atoms with Gasteiger partial charge in [0.25, 0.3) is 0 Å². The molecule has 0 radical (unpaired) electrons. The lowest BCUT2D eigenvalue weighted by molar-refractivity contribution is 0.214. The Labute approximate surface area is 127 Å². The van der Waals surface area contributed by atoms with Crippen molar-refractivity contribution in [3.05, 3.63) is 24.4 Å². The molecule has 1 fully saturated rings. The van der Waals surface area contributed by atoms with Crippen molar-refractivity contribution in [3.63, 3.8) is 0 Å². The Hall–Kier alpha value is -1.51. The number of aromatic nitrogens is 2.